The number of nitrogens with one attached hydrogen (secondary N) is 1. The van der Waals surface area contributed by atoms with Crippen LogP contribution in [-0.4, -0.2) is 43.3 Å². The van der Waals surface area contributed by atoms with Crippen molar-refractivity contribution in [1.82, 2.24) is 10.2 Å². The zero-order valence-electron chi connectivity index (χ0n) is 12.6. The van der Waals surface area contributed by atoms with E-state index in [1.165, 1.54) is 12.8 Å². The molecule has 1 aliphatic rings. The Labute approximate surface area is 121 Å². The van der Waals surface area contributed by atoms with Crippen LogP contribution in [0.4, 0.5) is 0 Å². The van der Waals surface area contributed by atoms with E-state index in [0.29, 0.717) is 5.75 Å². The zero-order chi connectivity index (χ0) is 14.4. The van der Waals surface area contributed by atoms with E-state index in [-0.39, 0.29) is 0 Å². The normalized spacial score (nSPS) is 17.3. The smallest absolute Gasteiger partial charge is 0.120 e. The first-order valence-electron chi connectivity index (χ1n) is 7.52. The molecule has 0 amide bonds. The summed E-state index contributed by atoms with van der Waals surface area (Å²) in [5.74, 6) is 1.96. The number of aromatic hydroxyl groups is 1. The van der Waals surface area contributed by atoms with Gasteiger partial charge in [-0.3, -0.25) is 4.90 Å². The molecule has 0 unspecified atom stereocenters. The highest BCUT2D eigenvalue weighted by Crippen LogP contribution is 2.26. The van der Waals surface area contributed by atoms with Gasteiger partial charge in [0.15, 0.2) is 0 Å². The largest absolute Gasteiger partial charge is 0.508 e. The lowest BCUT2D eigenvalue weighted by molar-refractivity contribution is 0.174. The Bertz CT molecular complexity index is 415. The molecule has 1 heterocycles. The maximum atomic E-state index is 9.94. The first-order chi connectivity index (χ1) is 9.72. The molecule has 4 nitrogen and oxygen atoms in total. The molecule has 0 saturated carbocycles. The van der Waals surface area contributed by atoms with Gasteiger partial charge < -0.3 is 15.2 Å². The van der Waals surface area contributed by atoms with E-state index in [9.17, 15) is 5.11 Å². The van der Waals surface area contributed by atoms with Gasteiger partial charge in [0.1, 0.15) is 11.5 Å². The Morgan fingerprint density at radius 2 is 2.10 bits per heavy atom. The SMILES string of the molecule is CCNCC1CCN(Cc2cc(OC)ccc2O)CC1. The van der Waals surface area contributed by atoms with Crippen molar-refractivity contribution in [2.24, 2.45) is 5.92 Å². The number of likely N-dealkylation sites (tertiary alicyclic amines) is 1. The molecule has 1 saturated heterocycles. The topological polar surface area (TPSA) is 44.7 Å². The summed E-state index contributed by atoms with van der Waals surface area (Å²) < 4.78 is 5.22. The molecule has 0 atom stereocenters. The monoisotopic (exact) mass is 278 g/mol. The number of phenolic OH excluding ortho intramolecular Hbond substituents is 1. The Kier molecular flexibility index (Phi) is 5.68. The molecule has 0 radical (unpaired) electrons. The van der Waals surface area contributed by atoms with Crippen molar-refractivity contribution < 1.29 is 9.84 Å². The van der Waals surface area contributed by atoms with Gasteiger partial charge in [0.05, 0.1) is 7.11 Å². The summed E-state index contributed by atoms with van der Waals surface area (Å²) in [6, 6.07) is 5.44. The van der Waals surface area contributed by atoms with Gasteiger partial charge >= 0.3 is 0 Å². The highest BCUT2D eigenvalue weighted by Gasteiger charge is 2.19. The van der Waals surface area contributed by atoms with Gasteiger partial charge in [-0.15, -0.1) is 0 Å². The van der Waals surface area contributed by atoms with E-state index in [1.807, 2.05) is 6.07 Å². The molecule has 0 aromatic heterocycles. The second-order valence-electron chi connectivity index (χ2n) is 5.52. The van der Waals surface area contributed by atoms with Crippen molar-refractivity contribution in [3.05, 3.63) is 23.8 Å². The van der Waals surface area contributed by atoms with Crippen molar-refractivity contribution in [3.8, 4) is 11.5 Å². The van der Waals surface area contributed by atoms with Crippen LogP contribution in [0.5, 0.6) is 11.5 Å². The van der Waals surface area contributed by atoms with Gasteiger partial charge in [0.25, 0.3) is 0 Å². The van der Waals surface area contributed by atoms with E-state index in [1.54, 1.807) is 19.2 Å². The van der Waals surface area contributed by atoms with Crippen LogP contribution in [0.15, 0.2) is 18.2 Å². The van der Waals surface area contributed by atoms with Crippen LogP contribution in [0, 0.1) is 5.92 Å². The zero-order valence-corrected chi connectivity index (χ0v) is 12.6. The highest BCUT2D eigenvalue weighted by atomic mass is 16.5. The number of hydrogen-bond acceptors (Lipinski definition) is 4. The van der Waals surface area contributed by atoms with Crippen LogP contribution in [0.2, 0.25) is 0 Å². The number of phenols is 1. The lowest BCUT2D eigenvalue weighted by Crippen LogP contribution is -2.36. The first-order valence-corrected chi connectivity index (χ1v) is 7.52. The molecule has 1 aromatic carbocycles. The van der Waals surface area contributed by atoms with Gasteiger partial charge in [0.2, 0.25) is 0 Å². The van der Waals surface area contributed by atoms with Crippen molar-refractivity contribution in [2.45, 2.75) is 26.3 Å². The third kappa shape index (κ3) is 4.12. The van der Waals surface area contributed by atoms with Crippen LogP contribution >= 0.6 is 0 Å². The minimum absolute atomic E-state index is 0.362. The average Bonchev–Trinajstić information content (AvgIpc) is 2.49. The van der Waals surface area contributed by atoms with E-state index in [4.69, 9.17) is 4.74 Å². The number of ether oxygens (including phenoxy) is 1. The minimum atomic E-state index is 0.362. The standard InChI is InChI=1S/C16H26N2O2/c1-3-17-11-13-6-8-18(9-7-13)12-14-10-15(20-2)4-5-16(14)19/h4-5,10,13,17,19H,3,6-9,11-12H2,1-2H3. The van der Waals surface area contributed by atoms with Gasteiger partial charge in [-0.05, 0) is 63.1 Å². The Morgan fingerprint density at radius 3 is 2.75 bits per heavy atom. The van der Waals surface area contributed by atoms with Crippen molar-refractivity contribution in [3.63, 3.8) is 0 Å². The summed E-state index contributed by atoms with van der Waals surface area (Å²) in [5.41, 5.74) is 0.953. The van der Waals surface area contributed by atoms with E-state index in [0.717, 1.165) is 50.0 Å². The number of methoxy groups -OCH3 is 1. The summed E-state index contributed by atoms with van der Waals surface area (Å²) >= 11 is 0. The first kappa shape index (κ1) is 15.1. The number of benzene rings is 1. The Balaban J connectivity index is 1.86. The highest BCUT2D eigenvalue weighted by molar-refractivity contribution is 5.39. The number of hydrogen-bond donors (Lipinski definition) is 2. The summed E-state index contributed by atoms with van der Waals surface area (Å²) in [5, 5.41) is 13.4. The van der Waals surface area contributed by atoms with Gasteiger partial charge in [-0.2, -0.15) is 0 Å². The summed E-state index contributed by atoms with van der Waals surface area (Å²) in [7, 11) is 1.66. The molecule has 0 spiro atoms. The number of piperidine rings is 1. The fourth-order valence-electron chi connectivity index (χ4n) is 2.75. The molecule has 0 bridgehead atoms. The fourth-order valence-corrected chi connectivity index (χ4v) is 2.75. The molecule has 2 rings (SSSR count). The fraction of sp³-hybridized carbons (Fsp3) is 0.625. The number of rotatable bonds is 6. The molecule has 1 aromatic rings. The molecular formula is C16H26N2O2. The van der Waals surface area contributed by atoms with Gasteiger partial charge in [0, 0.05) is 12.1 Å². The number of nitrogens with zero attached hydrogens (tertiary/aromatic N) is 1. The molecule has 0 aliphatic carbocycles. The summed E-state index contributed by atoms with van der Waals surface area (Å²) in [4.78, 5) is 2.41. The second kappa shape index (κ2) is 7.50. The molecular weight excluding hydrogens is 252 g/mol. The van der Waals surface area contributed by atoms with Gasteiger partial charge in [-0.1, -0.05) is 6.92 Å². The minimum Gasteiger partial charge on any atom is -0.508 e. The van der Waals surface area contributed by atoms with E-state index in [2.05, 4.69) is 17.1 Å². The molecule has 2 N–H and O–H groups in total. The maximum absolute atomic E-state index is 9.94. The lowest BCUT2D eigenvalue weighted by atomic mass is 9.96. The quantitative estimate of drug-likeness (QED) is 0.837. The van der Waals surface area contributed by atoms with E-state index >= 15 is 0 Å². The summed E-state index contributed by atoms with van der Waals surface area (Å²) in [6.07, 6.45) is 2.47. The van der Waals surface area contributed by atoms with Crippen LogP contribution in [-0.2, 0) is 6.54 Å². The Morgan fingerprint density at radius 1 is 1.35 bits per heavy atom. The van der Waals surface area contributed by atoms with Crippen LogP contribution in [0.25, 0.3) is 0 Å². The predicted molar refractivity (Wildman–Crippen MR) is 81.2 cm³/mol. The van der Waals surface area contributed by atoms with Crippen LogP contribution in [0.3, 0.4) is 0 Å². The van der Waals surface area contributed by atoms with Crippen LogP contribution in [0.1, 0.15) is 25.3 Å². The summed E-state index contributed by atoms with van der Waals surface area (Å²) in [6.45, 7) is 7.35. The lowest BCUT2D eigenvalue weighted by Gasteiger charge is -2.32. The third-order valence-electron chi connectivity index (χ3n) is 4.07. The molecule has 1 aliphatic heterocycles. The third-order valence-corrected chi connectivity index (χ3v) is 4.07. The molecule has 1 fully saturated rings. The predicted octanol–water partition coefficient (Wildman–Crippen LogP) is 2.22. The van der Waals surface area contributed by atoms with Crippen molar-refractivity contribution in [2.75, 3.05) is 33.3 Å². The second-order valence-corrected chi connectivity index (χ2v) is 5.52. The van der Waals surface area contributed by atoms with Crippen molar-refractivity contribution in [1.29, 1.82) is 0 Å². The Hall–Kier alpha value is -1.26. The molecule has 20 heavy (non-hydrogen) atoms. The van der Waals surface area contributed by atoms with E-state index < -0.39 is 0 Å². The van der Waals surface area contributed by atoms with Crippen LogP contribution < -0.4 is 10.1 Å². The molecule has 112 valence electrons. The average molecular weight is 278 g/mol. The maximum Gasteiger partial charge on any atom is 0.120 e. The molecule has 4 heteroatoms. The van der Waals surface area contributed by atoms with Gasteiger partial charge in [-0.25, -0.2) is 0 Å². The van der Waals surface area contributed by atoms with Crippen molar-refractivity contribution >= 4 is 0 Å².